The summed E-state index contributed by atoms with van der Waals surface area (Å²) in [6, 6.07) is 14.2. The van der Waals surface area contributed by atoms with Crippen molar-refractivity contribution in [2.24, 2.45) is 0 Å². The molecule has 0 spiro atoms. The number of pyridine rings is 1. The molecule has 0 saturated heterocycles. The minimum Gasteiger partial charge on any atom is -0.412 e. The molecule has 0 radical (unpaired) electrons. The van der Waals surface area contributed by atoms with Crippen LogP contribution < -0.4 is 21.4 Å². The fourth-order valence-electron chi connectivity index (χ4n) is 3.50. The van der Waals surface area contributed by atoms with Gasteiger partial charge in [-0.3, -0.25) is 4.79 Å². The molecule has 0 fully saturated rings. The fraction of sp³-hybridized carbons (Fsp3) is 0.174. The number of aliphatic hydroxyl groups is 1. The monoisotopic (exact) mass is 485 g/mol. The third-order valence-corrected chi connectivity index (χ3v) is 5.73. The molecule has 0 bridgehead atoms. The van der Waals surface area contributed by atoms with Crippen LogP contribution >= 0.6 is 23.2 Å². The van der Waals surface area contributed by atoms with Crippen molar-refractivity contribution < 1.29 is 9.94 Å². The number of rotatable bonds is 7. The van der Waals surface area contributed by atoms with Gasteiger partial charge in [0.15, 0.2) is 11.5 Å². The van der Waals surface area contributed by atoms with Gasteiger partial charge in [-0.1, -0.05) is 53.5 Å². The molecule has 0 amide bonds. The highest BCUT2D eigenvalue weighted by atomic mass is 35.5. The van der Waals surface area contributed by atoms with Gasteiger partial charge in [0.1, 0.15) is 12.9 Å². The smallest absolute Gasteiger partial charge is 0.293 e. The number of hydrogen-bond acceptors (Lipinski definition) is 7. The van der Waals surface area contributed by atoms with Gasteiger partial charge in [0.2, 0.25) is 0 Å². The normalized spacial score (nSPS) is 11.2. The van der Waals surface area contributed by atoms with E-state index in [0.29, 0.717) is 39.9 Å². The standard InChI is InChI=1S/C23H21Cl2N5O3/c1-33-30-22-16(11-15(23(30)32)19-17(24)3-2-4-18(19)25)20(26)28-21(29-22)14-7-5-13(6-8-14)12-27-9-10-31/h2-8,11,27,31H,9-10,12H2,1H3,(H2,26,28,29). The van der Waals surface area contributed by atoms with Crippen molar-refractivity contribution in [1.29, 1.82) is 0 Å². The summed E-state index contributed by atoms with van der Waals surface area (Å²) in [6.45, 7) is 1.22. The van der Waals surface area contributed by atoms with Gasteiger partial charge >= 0.3 is 0 Å². The zero-order valence-corrected chi connectivity index (χ0v) is 19.2. The number of hydrogen-bond donors (Lipinski definition) is 3. The Bertz CT molecular complexity index is 1350. The number of nitrogens with zero attached hydrogens (tertiary/aromatic N) is 3. The highest BCUT2D eigenvalue weighted by molar-refractivity contribution is 6.39. The minimum absolute atomic E-state index is 0.0773. The van der Waals surface area contributed by atoms with Crippen molar-refractivity contribution >= 4 is 40.1 Å². The topological polar surface area (TPSA) is 115 Å². The molecule has 170 valence electrons. The van der Waals surface area contributed by atoms with Crippen molar-refractivity contribution in [1.82, 2.24) is 20.0 Å². The Morgan fingerprint density at radius 2 is 1.82 bits per heavy atom. The van der Waals surface area contributed by atoms with E-state index >= 15 is 0 Å². The number of aromatic nitrogens is 3. The molecule has 2 aromatic heterocycles. The number of aliphatic hydroxyl groups excluding tert-OH is 1. The van der Waals surface area contributed by atoms with Crippen LogP contribution in [0.25, 0.3) is 33.5 Å². The predicted molar refractivity (Wildman–Crippen MR) is 130 cm³/mol. The van der Waals surface area contributed by atoms with Crippen LogP contribution in [0.3, 0.4) is 0 Å². The van der Waals surface area contributed by atoms with Crippen molar-refractivity contribution in [3.63, 3.8) is 0 Å². The molecule has 0 atom stereocenters. The molecule has 4 N–H and O–H groups in total. The molecule has 2 heterocycles. The van der Waals surface area contributed by atoms with E-state index in [2.05, 4.69) is 15.3 Å². The van der Waals surface area contributed by atoms with Crippen LogP contribution in [-0.4, -0.2) is 40.1 Å². The average molecular weight is 486 g/mol. The lowest BCUT2D eigenvalue weighted by molar-refractivity contribution is 0.168. The minimum atomic E-state index is -0.477. The maximum Gasteiger partial charge on any atom is 0.293 e. The fourth-order valence-corrected chi connectivity index (χ4v) is 4.10. The molecule has 4 rings (SSSR count). The Hall–Kier alpha value is -3.17. The zero-order chi connectivity index (χ0) is 23.5. The van der Waals surface area contributed by atoms with E-state index in [-0.39, 0.29) is 23.6 Å². The molecule has 8 nitrogen and oxygen atoms in total. The van der Waals surface area contributed by atoms with Gasteiger partial charge in [-0.25, -0.2) is 9.97 Å². The Labute approximate surface area is 199 Å². The van der Waals surface area contributed by atoms with E-state index in [1.807, 2.05) is 24.3 Å². The predicted octanol–water partition coefficient (Wildman–Crippen LogP) is 3.15. The van der Waals surface area contributed by atoms with E-state index in [4.69, 9.17) is 38.9 Å². The summed E-state index contributed by atoms with van der Waals surface area (Å²) in [6.07, 6.45) is 0. The summed E-state index contributed by atoms with van der Waals surface area (Å²) in [7, 11) is 1.37. The lowest BCUT2D eigenvalue weighted by Gasteiger charge is -2.14. The van der Waals surface area contributed by atoms with Crippen LogP contribution in [0.5, 0.6) is 0 Å². The van der Waals surface area contributed by atoms with Gasteiger partial charge in [-0.2, -0.15) is 0 Å². The van der Waals surface area contributed by atoms with Gasteiger partial charge in [-0.05, 0) is 23.8 Å². The van der Waals surface area contributed by atoms with E-state index in [1.165, 1.54) is 7.11 Å². The van der Waals surface area contributed by atoms with Gasteiger partial charge in [-0.15, -0.1) is 4.73 Å². The van der Waals surface area contributed by atoms with Crippen LogP contribution in [0.2, 0.25) is 10.0 Å². The zero-order valence-electron chi connectivity index (χ0n) is 17.7. The third-order valence-electron chi connectivity index (χ3n) is 5.10. The molecular weight excluding hydrogens is 465 g/mol. The number of nitrogens with two attached hydrogens (primary N) is 1. The Balaban J connectivity index is 1.83. The number of halogens is 2. The Kier molecular flexibility index (Phi) is 6.80. The summed E-state index contributed by atoms with van der Waals surface area (Å²) < 4.78 is 1.05. The number of anilines is 1. The first-order valence-corrected chi connectivity index (χ1v) is 10.8. The molecule has 0 unspecified atom stereocenters. The lowest BCUT2D eigenvalue weighted by Crippen LogP contribution is -2.27. The highest BCUT2D eigenvalue weighted by Crippen LogP contribution is 2.34. The average Bonchev–Trinajstić information content (AvgIpc) is 2.80. The van der Waals surface area contributed by atoms with Crippen molar-refractivity contribution in [2.45, 2.75) is 6.54 Å². The van der Waals surface area contributed by atoms with Crippen molar-refractivity contribution in [2.75, 3.05) is 26.0 Å². The molecule has 2 aromatic carbocycles. The third kappa shape index (κ3) is 4.51. The summed E-state index contributed by atoms with van der Waals surface area (Å²) in [5.74, 6) is 0.530. The summed E-state index contributed by atoms with van der Waals surface area (Å²) in [5.41, 5.74) is 8.40. The summed E-state index contributed by atoms with van der Waals surface area (Å²) in [5, 5.41) is 13.1. The second-order valence-corrected chi connectivity index (χ2v) is 8.02. The first-order valence-electron chi connectivity index (χ1n) is 10.1. The van der Waals surface area contributed by atoms with Crippen LogP contribution in [0.4, 0.5) is 5.82 Å². The quantitative estimate of drug-likeness (QED) is 0.344. The van der Waals surface area contributed by atoms with Crippen LogP contribution in [-0.2, 0) is 6.54 Å². The molecule has 0 saturated carbocycles. The lowest BCUT2D eigenvalue weighted by atomic mass is 10.1. The second kappa shape index (κ2) is 9.76. The molecule has 10 heteroatoms. The van der Waals surface area contributed by atoms with E-state index in [0.717, 1.165) is 15.9 Å². The van der Waals surface area contributed by atoms with E-state index < -0.39 is 5.56 Å². The largest absolute Gasteiger partial charge is 0.412 e. The second-order valence-electron chi connectivity index (χ2n) is 7.20. The molecule has 0 aliphatic heterocycles. The summed E-state index contributed by atoms with van der Waals surface area (Å²) in [4.78, 5) is 27.6. The molecule has 0 aliphatic carbocycles. The first kappa shape index (κ1) is 23.0. The van der Waals surface area contributed by atoms with Gasteiger partial charge in [0.25, 0.3) is 5.56 Å². The molecular formula is C23H21Cl2N5O3. The number of nitrogens with one attached hydrogen (secondary N) is 1. The summed E-state index contributed by atoms with van der Waals surface area (Å²) >= 11 is 12.7. The molecule has 33 heavy (non-hydrogen) atoms. The Morgan fingerprint density at radius 3 is 2.45 bits per heavy atom. The van der Waals surface area contributed by atoms with Crippen LogP contribution in [0.1, 0.15) is 5.56 Å². The SMILES string of the molecule is COn1c(=O)c(-c2c(Cl)cccc2Cl)cc2c(N)nc(-c3ccc(CNCCO)cc3)nc21. The first-order chi connectivity index (χ1) is 15.9. The van der Waals surface area contributed by atoms with Gasteiger partial charge in [0, 0.05) is 24.2 Å². The van der Waals surface area contributed by atoms with Crippen molar-refractivity contribution in [3.8, 4) is 22.5 Å². The highest BCUT2D eigenvalue weighted by Gasteiger charge is 2.20. The number of benzene rings is 2. The number of fused-ring (bicyclic) bond motifs is 1. The maximum absolute atomic E-state index is 13.2. The molecule has 0 aliphatic rings. The van der Waals surface area contributed by atoms with Crippen LogP contribution in [0, 0.1) is 0 Å². The van der Waals surface area contributed by atoms with Crippen LogP contribution in [0.15, 0.2) is 53.3 Å². The van der Waals surface area contributed by atoms with E-state index in [1.54, 1.807) is 24.3 Å². The van der Waals surface area contributed by atoms with E-state index in [9.17, 15) is 4.79 Å². The Morgan fingerprint density at radius 1 is 1.12 bits per heavy atom. The van der Waals surface area contributed by atoms with Crippen molar-refractivity contribution in [3.05, 3.63) is 74.5 Å². The van der Waals surface area contributed by atoms with Gasteiger partial charge in [0.05, 0.1) is 27.6 Å². The van der Waals surface area contributed by atoms with Gasteiger partial charge < -0.3 is 21.0 Å². The maximum atomic E-state index is 13.2. The number of nitrogen functional groups attached to an aromatic ring is 1. The molecule has 4 aromatic rings.